The molecular weight excluding hydrogens is 484 g/mol. The molecule has 0 aliphatic carbocycles. The Hall–Kier alpha value is -4.31. The molecule has 1 aliphatic rings. The highest BCUT2D eigenvalue weighted by Crippen LogP contribution is 2.34. The van der Waals surface area contributed by atoms with Crippen molar-refractivity contribution in [2.24, 2.45) is 0 Å². The van der Waals surface area contributed by atoms with Crippen molar-refractivity contribution in [1.29, 1.82) is 0 Å². The van der Waals surface area contributed by atoms with Crippen LogP contribution in [0.4, 0.5) is 10.5 Å². The molecule has 1 saturated heterocycles. The number of imide groups is 1. The maximum atomic E-state index is 12.8. The number of amides is 3. The van der Waals surface area contributed by atoms with Gasteiger partial charge in [0, 0.05) is 17.3 Å². The van der Waals surface area contributed by atoms with Crippen LogP contribution in [0.1, 0.15) is 28.6 Å². The Morgan fingerprint density at radius 2 is 1.86 bits per heavy atom. The highest BCUT2D eigenvalue weighted by molar-refractivity contribution is 8.18. The van der Waals surface area contributed by atoms with Gasteiger partial charge in [0.05, 0.1) is 17.1 Å². The van der Waals surface area contributed by atoms with Crippen molar-refractivity contribution in [1.82, 2.24) is 4.90 Å². The van der Waals surface area contributed by atoms with Crippen LogP contribution < -0.4 is 10.1 Å². The van der Waals surface area contributed by atoms with Crippen molar-refractivity contribution in [2.45, 2.75) is 13.8 Å². The number of furan rings is 1. The number of carboxylic acids is 1. The molecule has 9 nitrogen and oxygen atoms in total. The number of hydrogen-bond donors (Lipinski definition) is 2. The normalized spacial score (nSPS) is 14.4. The van der Waals surface area contributed by atoms with Gasteiger partial charge in [0.15, 0.2) is 0 Å². The van der Waals surface area contributed by atoms with E-state index in [2.05, 4.69) is 5.32 Å². The lowest BCUT2D eigenvalue weighted by Crippen LogP contribution is -2.36. The summed E-state index contributed by atoms with van der Waals surface area (Å²) in [7, 11) is 0. The fourth-order valence-electron chi connectivity index (χ4n) is 3.62. The first-order chi connectivity index (χ1) is 17.3. The van der Waals surface area contributed by atoms with E-state index in [1.165, 1.54) is 12.1 Å². The van der Waals surface area contributed by atoms with Crippen molar-refractivity contribution < 1.29 is 33.4 Å². The maximum absolute atomic E-state index is 12.8. The molecule has 10 heteroatoms. The minimum absolute atomic E-state index is 0.116. The van der Waals surface area contributed by atoms with E-state index in [0.29, 0.717) is 52.5 Å². The highest BCUT2D eigenvalue weighted by Gasteiger charge is 2.36. The van der Waals surface area contributed by atoms with Crippen molar-refractivity contribution in [2.75, 3.05) is 18.5 Å². The summed E-state index contributed by atoms with van der Waals surface area (Å²) in [5.41, 5.74) is 1.82. The third-order valence-corrected chi connectivity index (χ3v) is 6.26. The van der Waals surface area contributed by atoms with Gasteiger partial charge < -0.3 is 19.6 Å². The number of hydrogen-bond acceptors (Lipinski definition) is 7. The van der Waals surface area contributed by atoms with Gasteiger partial charge in [-0.05, 0) is 73.6 Å². The molecule has 1 aliphatic heterocycles. The number of carbonyl (C=O) groups is 4. The van der Waals surface area contributed by atoms with Crippen molar-refractivity contribution in [3.63, 3.8) is 0 Å². The second-order valence-corrected chi connectivity index (χ2v) is 8.75. The summed E-state index contributed by atoms with van der Waals surface area (Å²) in [5.74, 6) is -0.755. The lowest BCUT2D eigenvalue weighted by atomic mass is 10.0. The van der Waals surface area contributed by atoms with Gasteiger partial charge in [0.25, 0.3) is 11.1 Å². The zero-order valence-corrected chi connectivity index (χ0v) is 20.3. The third-order valence-electron chi connectivity index (χ3n) is 5.35. The SMILES string of the molecule is CCOc1ccc(NC(=O)CN2C(=O)S/C(=C/c3ccc(-c4cccc(C(=O)O)c4C)o3)C2=O)cc1. The number of ether oxygens (including phenoxy) is 1. The van der Waals surface area contributed by atoms with E-state index in [-0.39, 0.29) is 10.5 Å². The van der Waals surface area contributed by atoms with Gasteiger partial charge in [-0.15, -0.1) is 0 Å². The quantitative estimate of drug-likeness (QED) is 0.408. The number of carbonyl (C=O) groups excluding carboxylic acids is 3. The molecule has 2 aromatic carbocycles. The Kier molecular flexibility index (Phi) is 7.25. The Bertz CT molecular complexity index is 1380. The Morgan fingerprint density at radius 3 is 2.56 bits per heavy atom. The number of anilines is 1. The fraction of sp³-hybridized carbons (Fsp3) is 0.154. The first kappa shape index (κ1) is 24.8. The monoisotopic (exact) mass is 506 g/mol. The minimum Gasteiger partial charge on any atom is -0.494 e. The molecule has 36 heavy (non-hydrogen) atoms. The van der Waals surface area contributed by atoms with E-state index in [9.17, 15) is 24.3 Å². The number of rotatable bonds is 8. The number of carboxylic acid groups (broad SMARTS) is 1. The Balaban J connectivity index is 1.44. The maximum Gasteiger partial charge on any atom is 0.335 e. The van der Waals surface area contributed by atoms with Crippen LogP contribution in [0.2, 0.25) is 0 Å². The molecule has 2 heterocycles. The first-order valence-corrected chi connectivity index (χ1v) is 11.8. The minimum atomic E-state index is -1.04. The molecule has 184 valence electrons. The van der Waals surface area contributed by atoms with Crippen molar-refractivity contribution in [3.8, 4) is 17.1 Å². The molecule has 0 unspecified atom stereocenters. The summed E-state index contributed by atoms with van der Waals surface area (Å²) in [6.45, 7) is 3.64. The number of thioether (sulfide) groups is 1. The predicted octanol–water partition coefficient (Wildman–Crippen LogP) is 5.03. The predicted molar refractivity (Wildman–Crippen MR) is 135 cm³/mol. The largest absolute Gasteiger partial charge is 0.494 e. The molecule has 2 N–H and O–H groups in total. The Labute approximate surface area is 210 Å². The number of nitrogens with zero attached hydrogens (tertiary/aromatic N) is 1. The zero-order chi connectivity index (χ0) is 25.8. The van der Waals surface area contributed by atoms with Crippen LogP contribution in [0.3, 0.4) is 0 Å². The van der Waals surface area contributed by atoms with Crippen LogP contribution in [-0.4, -0.2) is 46.2 Å². The van der Waals surface area contributed by atoms with Crippen LogP contribution in [0, 0.1) is 6.92 Å². The molecule has 4 rings (SSSR count). The van der Waals surface area contributed by atoms with E-state index >= 15 is 0 Å². The third kappa shape index (κ3) is 5.33. The molecular formula is C26H22N2O7S. The average Bonchev–Trinajstić information content (AvgIpc) is 3.40. The van der Waals surface area contributed by atoms with Crippen LogP contribution in [0.15, 0.2) is 63.9 Å². The molecule has 3 aromatic rings. The van der Waals surface area contributed by atoms with Gasteiger partial charge >= 0.3 is 5.97 Å². The zero-order valence-electron chi connectivity index (χ0n) is 19.4. The molecule has 0 radical (unpaired) electrons. The molecule has 3 amide bonds. The van der Waals surface area contributed by atoms with E-state index in [4.69, 9.17) is 9.15 Å². The topological polar surface area (TPSA) is 126 Å². The van der Waals surface area contributed by atoms with Crippen LogP contribution in [0.25, 0.3) is 17.4 Å². The first-order valence-electron chi connectivity index (χ1n) is 11.0. The molecule has 1 fully saturated rings. The summed E-state index contributed by atoms with van der Waals surface area (Å²) >= 11 is 0.711. The second-order valence-electron chi connectivity index (χ2n) is 7.76. The van der Waals surface area contributed by atoms with E-state index in [1.807, 2.05) is 6.92 Å². The lowest BCUT2D eigenvalue weighted by molar-refractivity contribution is -0.127. The fourth-order valence-corrected chi connectivity index (χ4v) is 4.44. The van der Waals surface area contributed by atoms with Gasteiger partial charge in [-0.2, -0.15) is 0 Å². The number of nitrogens with one attached hydrogen (secondary N) is 1. The Morgan fingerprint density at radius 1 is 1.11 bits per heavy atom. The number of aromatic carboxylic acids is 1. The van der Waals surface area contributed by atoms with Crippen LogP contribution >= 0.6 is 11.8 Å². The number of benzene rings is 2. The average molecular weight is 507 g/mol. The van der Waals surface area contributed by atoms with Gasteiger partial charge in [-0.3, -0.25) is 19.3 Å². The van der Waals surface area contributed by atoms with Crippen molar-refractivity contribution in [3.05, 3.63) is 76.4 Å². The standard InChI is InChI=1S/C26H22N2O7S/c1-3-34-17-9-7-16(8-10-17)27-23(29)14-28-24(30)22(36-26(28)33)13-18-11-12-21(35-18)19-5-4-6-20(15(19)2)25(31)32/h4-13H,3,14H2,1-2H3,(H,27,29)(H,31,32)/b22-13+. The van der Waals surface area contributed by atoms with E-state index < -0.39 is 29.6 Å². The summed E-state index contributed by atoms with van der Waals surface area (Å²) in [4.78, 5) is 50.0. The highest BCUT2D eigenvalue weighted by atomic mass is 32.2. The summed E-state index contributed by atoms with van der Waals surface area (Å²) in [6, 6.07) is 14.9. The molecule has 0 bridgehead atoms. The molecule has 0 saturated carbocycles. The summed E-state index contributed by atoms with van der Waals surface area (Å²) < 4.78 is 11.2. The van der Waals surface area contributed by atoms with Gasteiger partial charge in [-0.1, -0.05) is 12.1 Å². The summed E-state index contributed by atoms with van der Waals surface area (Å²) in [6.07, 6.45) is 1.43. The van der Waals surface area contributed by atoms with Crippen LogP contribution in [0.5, 0.6) is 5.75 Å². The smallest absolute Gasteiger partial charge is 0.335 e. The lowest BCUT2D eigenvalue weighted by Gasteiger charge is -2.12. The molecule has 1 aromatic heterocycles. The van der Waals surface area contributed by atoms with E-state index in [1.54, 1.807) is 55.5 Å². The van der Waals surface area contributed by atoms with Gasteiger partial charge in [0.1, 0.15) is 23.8 Å². The summed E-state index contributed by atoms with van der Waals surface area (Å²) in [5, 5.41) is 11.4. The van der Waals surface area contributed by atoms with Gasteiger partial charge in [0.2, 0.25) is 5.91 Å². The van der Waals surface area contributed by atoms with Gasteiger partial charge in [-0.25, -0.2) is 4.79 Å². The second kappa shape index (κ2) is 10.5. The molecule has 0 spiro atoms. The van der Waals surface area contributed by atoms with E-state index in [0.717, 1.165) is 4.90 Å². The molecule has 0 atom stereocenters. The van der Waals surface area contributed by atoms with Crippen molar-refractivity contribution >= 4 is 46.5 Å². The van der Waals surface area contributed by atoms with Crippen LogP contribution in [-0.2, 0) is 9.59 Å².